The minimum absolute atomic E-state index is 0.350. The average Bonchev–Trinajstić information content (AvgIpc) is 3.22. The molecule has 1 aromatic heterocycles. The second-order valence-corrected chi connectivity index (χ2v) is 8.59. The number of pyridine rings is 1. The molecule has 1 aromatic carbocycles. The number of alkyl halides is 3. The molecule has 30 heavy (non-hydrogen) atoms. The molecule has 4 nitrogen and oxygen atoms in total. The van der Waals surface area contributed by atoms with Gasteiger partial charge in [-0.25, -0.2) is 4.98 Å². The van der Waals surface area contributed by atoms with Gasteiger partial charge in [-0.05, 0) is 52.4 Å². The van der Waals surface area contributed by atoms with Gasteiger partial charge in [0, 0.05) is 6.07 Å². The highest BCUT2D eigenvalue weighted by Gasteiger charge is 2.62. The molecule has 0 aliphatic heterocycles. The lowest BCUT2D eigenvalue weighted by molar-refractivity contribution is -0.151. The van der Waals surface area contributed by atoms with Gasteiger partial charge in [-0.3, -0.25) is 4.79 Å². The predicted molar refractivity (Wildman–Crippen MR) is 109 cm³/mol. The van der Waals surface area contributed by atoms with Crippen LogP contribution < -0.4 is 4.74 Å². The van der Waals surface area contributed by atoms with Crippen LogP contribution in [0.3, 0.4) is 0 Å². The maximum absolute atomic E-state index is 12.8. The monoisotopic (exact) mass is 483 g/mol. The molecule has 1 aliphatic carbocycles. The van der Waals surface area contributed by atoms with Crippen LogP contribution in [0.2, 0.25) is 0 Å². The molecule has 1 aliphatic rings. The molecular formula is C22H21BrF3NO3. The molecule has 0 bridgehead atoms. The van der Waals surface area contributed by atoms with E-state index < -0.39 is 40.0 Å². The molecule has 0 N–H and O–H groups in total. The van der Waals surface area contributed by atoms with Crippen LogP contribution in [-0.2, 0) is 9.53 Å². The highest BCUT2D eigenvalue weighted by Crippen LogP contribution is 2.60. The fourth-order valence-corrected chi connectivity index (χ4v) is 3.61. The van der Waals surface area contributed by atoms with Crippen LogP contribution in [-0.4, -0.2) is 17.1 Å². The van der Waals surface area contributed by atoms with Crippen LogP contribution in [0.1, 0.15) is 32.6 Å². The maximum atomic E-state index is 12.8. The highest BCUT2D eigenvalue weighted by atomic mass is 79.9. The van der Waals surface area contributed by atoms with Crippen molar-refractivity contribution >= 4 is 21.9 Å². The van der Waals surface area contributed by atoms with Gasteiger partial charge >= 0.3 is 12.1 Å². The molecule has 0 saturated heterocycles. The van der Waals surface area contributed by atoms with Crippen LogP contribution in [0, 0.1) is 17.3 Å². The Labute approximate surface area is 181 Å². The zero-order chi connectivity index (χ0) is 22.1. The SMILES string of the molecule is CC(OC(=O)[C@@H]1[C@@H](C=C(Br)C(F)(F)F)C1(C)C)c1cccc(Oc2ccccc2)n1. The first kappa shape index (κ1) is 22.3. The Bertz CT molecular complexity index is 944. The molecule has 8 heteroatoms. The van der Waals surface area contributed by atoms with E-state index in [4.69, 9.17) is 9.47 Å². The van der Waals surface area contributed by atoms with E-state index in [9.17, 15) is 18.0 Å². The maximum Gasteiger partial charge on any atom is 0.422 e. The number of ether oxygens (including phenoxy) is 2. The third-order valence-corrected chi connectivity index (χ3v) is 5.90. The van der Waals surface area contributed by atoms with E-state index in [2.05, 4.69) is 20.9 Å². The fourth-order valence-electron chi connectivity index (χ4n) is 3.32. The van der Waals surface area contributed by atoms with E-state index in [0.29, 0.717) is 17.3 Å². The van der Waals surface area contributed by atoms with Crippen molar-refractivity contribution in [2.75, 3.05) is 0 Å². The number of para-hydroxylation sites is 1. The quantitative estimate of drug-likeness (QED) is 0.434. The summed E-state index contributed by atoms with van der Waals surface area (Å²) in [5, 5.41) is 0. The molecule has 1 saturated carbocycles. The van der Waals surface area contributed by atoms with Crippen molar-refractivity contribution in [2.45, 2.75) is 33.1 Å². The number of esters is 1. The van der Waals surface area contributed by atoms with E-state index >= 15 is 0 Å². The summed E-state index contributed by atoms with van der Waals surface area (Å²) < 4.78 is 48.7. The second-order valence-electron chi connectivity index (χ2n) is 7.73. The van der Waals surface area contributed by atoms with Crippen molar-refractivity contribution in [3.05, 3.63) is 64.8 Å². The lowest BCUT2D eigenvalue weighted by Crippen LogP contribution is -2.14. The molecule has 0 amide bonds. The molecule has 0 spiro atoms. The summed E-state index contributed by atoms with van der Waals surface area (Å²) in [7, 11) is 0. The summed E-state index contributed by atoms with van der Waals surface area (Å²) in [6.07, 6.45) is -4.11. The molecule has 3 rings (SSSR count). The number of hydrogen-bond donors (Lipinski definition) is 0. The third-order valence-electron chi connectivity index (χ3n) is 5.18. The zero-order valence-corrected chi connectivity index (χ0v) is 18.2. The molecule has 2 aromatic rings. The van der Waals surface area contributed by atoms with E-state index in [0.717, 1.165) is 6.08 Å². The number of hydrogen-bond acceptors (Lipinski definition) is 4. The molecule has 1 unspecified atom stereocenters. The Kier molecular flexibility index (Phi) is 6.26. The smallest absolute Gasteiger partial charge is 0.422 e. The van der Waals surface area contributed by atoms with Crippen molar-refractivity contribution in [2.24, 2.45) is 17.3 Å². The first-order chi connectivity index (χ1) is 14.0. The minimum Gasteiger partial charge on any atom is -0.456 e. The second kappa shape index (κ2) is 8.41. The largest absolute Gasteiger partial charge is 0.456 e. The van der Waals surface area contributed by atoms with Gasteiger partial charge in [0.25, 0.3) is 0 Å². The number of carbonyl (C=O) groups excluding carboxylic acids is 1. The number of benzene rings is 1. The first-order valence-corrected chi connectivity index (χ1v) is 10.1. The summed E-state index contributed by atoms with van der Waals surface area (Å²) in [6, 6.07) is 14.2. The van der Waals surface area contributed by atoms with Crippen molar-refractivity contribution in [3.8, 4) is 11.6 Å². The standard InChI is InChI=1S/C22H21BrF3NO3/c1-13(16-10-7-11-18(27-16)30-14-8-5-4-6-9-14)29-20(28)19-15(21(19,2)3)12-17(23)22(24,25)26/h4-13,15,19H,1-3H3/t13?,15-,19+/m1/s1. The lowest BCUT2D eigenvalue weighted by atomic mass is 10.1. The first-order valence-electron chi connectivity index (χ1n) is 9.35. The van der Waals surface area contributed by atoms with Crippen LogP contribution in [0.15, 0.2) is 59.1 Å². The van der Waals surface area contributed by atoms with Gasteiger partial charge in [0.05, 0.1) is 16.1 Å². The number of rotatable bonds is 6. The van der Waals surface area contributed by atoms with Gasteiger partial charge in [-0.2, -0.15) is 13.2 Å². The van der Waals surface area contributed by atoms with Gasteiger partial charge in [0.1, 0.15) is 11.9 Å². The normalized spacial score (nSPS) is 21.6. The summed E-state index contributed by atoms with van der Waals surface area (Å²) in [5.74, 6) is -0.792. The topological polar surface area (TPSA) is 48.4 Å². The van der Waals surface area contributed by atoms with Crippen molar-refractivity contribution < 1.29 is 27.4 Å². The molecule has 160 valence electrons. The molecule has 3 atom stereocenters. The number of nitrogens with zero attached hydrogens (tertiary/aromatic N) is 1. The Morgan fingerprint density at radius 3 is 2.47 bits per heavy atom. The summed E-state index contributed by atoms with van der Waals surface area (Å²) >= 11 is 2.55. The third kappa shape index (κ3) is 5.03. The molecule has 0 radical (unpaired) electrons. The fraction of sp³-hybridized carbons (Fsp3) is 0.364. The number of aromatic nitrogens is 1. The van der Waals surface area contributed by atoms with E-state index in [1.807, 2.05) is 18.2 Å². The molecule has 1 heterocycles. The summed E-state index contributed by atoms with van der Waals surface area (Å²) in [6.45, 7) is 5.15. The Balaban J connectivity index is 1.67. The van der Waals surface area contributed by atoms with Gasteiger partial charge in [0.15, 0.2) is 0 Å². The molecule has 1 fully saturated rings. The number of carbonyl (C=O) groups is 1. The number of allylic oxidation sites excluding steroid dienone is 2. The van der Waals surface area contributed by atoms with Gasteiger partial charge in [-0.1, -0.05) is 44.2 Å². The lowest BCUT2D eigenvalue weighted by Gasteiger charge is -2.14. The minimum atomic E-state index is -4.48. The Morgan fingerprint density at radius 2 is 1.83 bits per heavy atom. The predicted octanol–water partition coefficient (Wildman–Crippen LogP) is 6.59. The van der Waals surface area contributed by atoms with E-state index in [1.165, 1.54) is 0 Å². The average molecular weight is 484 g/mol. The zero-order valence-electron chi connectivity index (χ0n) is 16.6. The highest BCUT2D eigenvalue weighted by molar-refractivity contribution is 9.11. The Morgan fingerprint density at radius 1 is 1.17 bits per heavy atom. The summed E-state index contributed by atoms with van der Waals surface area (Å²) in [4.78, 5) is 17.0. The van der Waals surface area contributed by atoms with Gasteiger partial charge in [-0.15, -0.1) is 0 Å². The van der Waals surface area contributed by atoms with Crippen molar-refractivity contribution in [1.29, 1.82) is 0 Å². The van der Waals surface area contributed by atoms with Crippen LogP contribution in [0.25, 0.3) is 0 Å². The van der Waals surface area contributed by atoms with Crippen LogP contribution in [0.5, 0.6) is 11.6 Å². The van der Waals surface area contributed by atoms with Gasteiger partial charge < -0.3 is 9.47 Å². The van der Waals surface area contributed by atoms with E-state index in [-0.39, 0.29) is 0 Å². The van der Waals surface area contributed by atoms with E-state index in [1.54, 1.807) is 51.1 Å². The van der Waals surface area contributed by atoms with Crippen LogP contribution >= 0.6 is 15.9 Å². The Hall–Kier alpha value is -2.35. The molecular weight excluding hydrogens is 463 g/mol. The van der Waals surface area contributed by atoms with Crippen molar-refractivity contribution in [3.63, 3.8) is 0 Å². The number of halogens is 4. The summed E-state index contributed by atoms with van der Waals surface area (Å²) in [5.41, 5.74) is -0.133. The van der Waals surface area contributed by atoms with Crippen LogP contribution in [0.4, 0.5) is 13.2 Å². The van der Waals surface area contributed by atoms with Gasteiger partial charge in [0.2, 0.25) is 5.88 Å². The van der Waals surface area contributed by atoms with Crippen molar-refractivity contribution in [1.82, 2.24) is 4.98 Å².